The van der Waals surface area contributed by atoms with E-state index >= 15 is 0 Å². The number of nitrogens with one attached hydrogen (secondary N) is 1. The number of carbonyl (C=O) groups excluding carboxylic acids is 1. The Bertz CT molecular complexity index is 911. The van der Waals surface area contributed by atoms with Crippen molar-refractivity contribution in [1.82, 2.24) is 0 Å². The predicted molar refractivity (Wildman–Crippen MR) is 107 cm³/mol. The van der Waals surface area contributed by atoms with Gasteiger partial charge in [0.25, 0.3) is 5.91 Å². The number of para-hydroxylation sites is 1. The number of amides is 1. The highest BCUT2D eigenvalue weighted by Crippen LogP contribution is 2.30. The van der Waals surface area contributed by atoms with Crippen molar-refractivity contribution in [3.8, 4) is 11.8 Å². The Morgan fingerprint density at radius 1 is 1.17 bits per heavy atom. The lowest BCUT2D eigenvalue weighted by atomic mass is 10.1. The van der Waals surface area contributed by atoms with Crippen LogP contribution in [0.1, 0.15) is 32.3 Å². The van der Waals surface area contributed by atoms with Crippen LogP contribution in [0.15, 0.2) is 36.4 Å². The summed E-state index contributed by atoms with van der Waals surface area (Å²) in [6.07, 6.45) is 0.859. The summed E-state index contributed by atoms with van der Waals surface area (Å²) in [6.45, 7) is 4.80. The van der Waals surface area contributed by atoms with Crippen molar-refractivity contribution in [2.45, 2.75) is 32.8 Å². The standard InChI is InChI=1S/C22H23F2N3O2/c1-14(2)21(29-19-8-4-3-7-15(19)13-25)22(28)26-16-11-17(23)20(18(24)12-16)27-9-5-6-10-27/h3-4,7-8,11-12,14,21H,5-6,9-10H2,1-2H3,(H,26,28). The van der Waals surface area contributed by atoms with E-state index in [1.807, 2.05) is 6.07 Å². The number of hydrogen-bond acceptors (Lipinski definition) is 4. The van der Waals surface area contributed by atoms with Crippen molar-refractivity contribution in [2.24, 2.45) is 5.92 Å². The largest absolute Gasteiger partial charge is 0.479 e. The normalized spacial score (nSPS) is 14.6. The fraction of sp³-hybridized carbons (Fsp3) is 0.364. The fourth-order valence-corrected chi connectivity index (χ4v) is 3.38. The van der Waals surface area contributed by atoms with E-state index in [1.54, 1.807) is 43.0 Å². The van der Waals surface area contributed by atoms with Crippen LogP contribution in [-0.4, -0.2) is 25.1 Å². The Labute approximate surface area is 168 Å². The molecule has 1 atom stereocenters. The highest BCUT2D eigenvalue weighted by molar-refractivity contribution is 5.94. The van der Waals surface area contributed by atoms with E-state index < -0.39 is 23.6 Å². The maximum absolute atomic E-state index is 14.5. The van der Waals surface area contributed by atoms with E-state index in [2.05, 4.69) is 5.32 Å². The smallest absolute Gasteiger partial charge is 0.265 e. The summed E-state index contributed by atoms with van der Waals surface area (Å²) < 4.78 is 34.8. The quantitative estimate of drug-likeness (QED) is 0.778. The highest BCUT2D eigenvalue weighted by atomic mass is 19.1. The first-order valence-electron chi connectivity index (χ1n) is 9.61. The molecule has 2 aromatic carbocycles. The molecular weight excluding hydrogens is 376 g/mol. The van der Waals surface area contributed by atoms with Crippen molar-refractivity contribution in [2.75, 3.05) is 23.3 Å². The van der Waals surface area contributed by atoms with Gasteiger partial charge in [-0.2, -0.15) is 5.26 Å². The van der Waals surface area contributed by atoms with Gasteiger partial charge in [0.05, 0.1) is 5.56 Å². The summed E-state index contributed by atoms with van der Waals surface area (Å²) in [5, 5.41) is 11.7. The fourth-order valence-electron chi connectivity index (χ4n) is 3.38. The van der Waals surface area contributed by atoms with Gasteiger partial charge >= 0.3 is 0 Å². The minimum Gasteiger partial charge on any atom is -0.479 e. The molecule has 7 heteroatoms. The Morgan fingerprint density at radius 2 is 1.79 bits per heavy atom. The van der Waals surface area contributed by atoms with Crippen molar-refractivity contribution < 1.29 is 18.3 Å². The van der Waals surface area contributed by atoms with Crippen LogP contribution in [0, 0.1) is 28.9 Å². The zero-order valence-electron chi connectivity index (χ0n) is 16.4. The van der Waals surface area contributed by atoms with Gasteiger partial charge in [-0.1, -0.05) is 26.0 Å². The molecule has 1 aliphatic rings. The molecule has 1 heterocycles. The van der Waals surface area contributed by atoms with E-state index in [4.69, 9.17) is 4.74 Å². The Balaban J connectivity index is 1.79. The van der Waals surface area contributed by atoms with Crippen LogP contribution >= 0.6 is 0 Å². The minimum atomic E-state index is -0.936. The molecule has 3 rings (SSSR count). The summed E-state index contributed by atoms with van der Waals surface area (Å²) in [7, 11) is 0. The van der Waals surface area contributed by atoms with Crippen molar-refractivity contribution in [1.29, 1.82) is 5.26 Å². The number of nitrogens with zero attached hydrogens (tertiary/aromatic N) is 2. The Kier molecular flexibility index (Phi) is 6.32. The third kappa shape index (κ3) is 4.65. The second-order valence-electron chi connectivity index (χ2n) is 7.36. The zero-order chi connectivity index (χ0) is 21.0. The van der Waals surface area contributed by atoms with Gasteiger partial charge in [0, 0.05) is 18.8 Å². The summed E-state index contributed by atoms with van der Waals surface area (Å²) in [6, 6.07) is 10.8. The zero-order valence-corrected chi connectivity index (χ0v) is 16.4. The molecule has 1 saturated heterocycles. The van der Waals surface area contributed by atoms with Gasteiger partial charge in [-0.15, -0.1) is 0 Å². The summed E-state index contributed by atoms with van der Waals surface area (Å²) in [5.74, 6) is -1.91. The lowest BCUT2D eigenvalue weighted by Crippen LogP contribution is -2.37. The van der Waals surface area contributed by atoms with Crippen molar-refractivity contribution in [3.63, 3.8) is 0 Å². The van der Waals surface area contributed by atoms with Crippen molar-refractivity contribution in [3.05, 3.63) is 53.6 Å². The topological polar surface area (TPSA) is 65.4 Å². The molecule has 152 valence electrons. The Hall–Kier alpha value is -3.14. The number of rotatable bonds is 6. The third-order valence-electron chi connectivity index (χ3n) is 4.83. The van der Waals surface area contributed by atoms with Gasteiger partial charge in [-0.05, 0) is 43.0 Å². The van der Waals surface area contributed by atoms with Crippen molar-refractivity contribution >= 4 is 17.3 Å². The number of hydrogen-bond donors (Lipinski definition) is 1. The average molecular weight is 399 g/mol. The molecular formula is C22H23F2N3O2. The van der Waals surface area contributed by atoms with Crippen LogP contribution in [0.3, 0.4) is 0 Å². The first kappa shape index (κ1) is 20.6. The van der Waals surface area contributed by atoms with Gasteiger partial charge in [-0.25, -0.2) is 8.78 Å². The Morgan fingerprint density at radius 3 is 2.38 bits per heavy atom. The number of halogens is 2. The van der Waals surface area contributed by atoms with Gasteiger partial charge in [0.1, 0.15) is 17.5 Å². The van der Waals surface area contributed by atoms with E-state index in [9.17, 15) is 18.8 Å². The number of anilines is 2. The molecule has 1 aliphatic heterocycles. The molecule has 1 unspecified atom stereocenters. The second kappa shape index (κ2) is 8.91. The maximum atomic E-state index is 14.5. The molecule has 5 nitrogen and oxygen atoms in total. The lowest BCUT2D eigenvalue weighted by molar-refractivity contribution is -0.124. The van der Waals surface area contributed by atoms with Crippen LogP contribution in [0.25, 0.3) is 0 Å². The predicted octanol–water partition coefficient (Wildman–Crippen LogP) is 4.48. The molecule has 0 saturated carbocycles. The molecule has 1 fully saturated rings. The second-order valence-corrected chi connectivity index (χ2v) is 7.36. The van der Waals surface area contributed by atoms with E-state index in [0.29, 0.717) is 18.7 Å². The van der Waals surface area contributed by atoms with Crippen LogP contribution < -0.4 is 15.0 Å². The van der Waals surface area contributed by atoms with Crippen LogP contribution in [0.5, 0.6) is 5.75 Å². The van der Waals surface area contributed by atoms with E-state index in [0.717, 1.165) is 25.0 Å². The summed E-state index contributed by atoms with van der Waals surface area (Å²) in [5.41, 5.74) is 0.272. The molecule has 2 aromatic rings. The lowest BCUT2D eigenvalue weighted by Gasteiger charge is -2.23. The molecule has 1 amide bonds. The van der Waals surface area contributed by atoms with E-state index in [1.165, 1.54) is 0 Å². The van der Waals surface area contributed by atoms with Crippen LogP contribution in [0.4, 0.5) is 20.2 Å². The summed E-state index contributed by atoms with van der Waals surface area (Å²) in [4.78, 5) is 14.4. The number of carbonyl (C=O) groups is 1. The molecule has 0 radical (unpaired) electrons. The third-order valence-corrected chi connectivity index (χ3v) is 4.83. The van der Waals surface area contributed by atoms with Gasteiger partial charge in [0.15, 0.2) is 17.7 Å². The van der Waals surface area contributed by atoms with Gasteiger partial charge in [-0.3, -0.25) is 4.79 Å². The monoisotopic (exact) mass is 399 g/mol. The molecule has 0 aliphatic carbocycles. The van der Waals surface area contributed by atoms with Gasteiger partial charge in [0.2, 0.25) is 0 Å². The minimum absolute atomic E-state index is 0.0239. The van der Waals surface area contributed by atoms with Crippen LogP contribution in [-0.2, 0) is 4.79 Å². The first-order valence-corrected chi connectivity index (χ1v) is 9.61. The average Bonchev–Trinajstić information content (AvgIpc) is 3.19. The van der Waals surface area contributed by atoms with Gasteiger partial charge < -0.3 is 15.0 Å². The molecule has 0 bridgehead atoms. The summed E-state index contributed by atoms with van der Waals surface area (Å²) >= 11 is 0. The SMILES string of the molecule is CC(C)C(Oc1ccccc1C#N)C(=O)Nc1cc(F)c(N2CCCC2)c(F)c1. The maximum Gasteiger partial charge on any atom is 0.265 e. The number of ether oxygens (including phenoxy) is 1. The molecule has 0 aromatic heterocycles. The molecule has 29 heavy (non-hydrogen) atoms. The van der Waals surface area contributed by atoms with Crippen LogP contribution in [0.2, 0.25) is 0 Å². The van der Waals surface area contributed by atoms with E-state index in [-0.39, 0.29) is 23.0 Å². The number of benzene rings is 2. The highest BCUT2D eigenvalue weighted by Gasteiger charge is 2.27. The first-order chi connectivity index (χ1) is 13.9. The molecule has 1 N–H and O–H groups in total. The molecule has 0 spiro atoms. The number of nitriles is 1.